The first kappa shape index (κ1) is 13.5. The highest BCUT2D eigenvalue weighted by molar-refractivity contribution is 5.85. The number of benzene rings is 1. The second-order valence-corrected chi connectivity index (χ2v) is 4.65. The fourth-order valence-electron chi connectivity index (χ4n) is 2.65. The summed E-state index contributed by atoms with van der Waals surface area (Å²) in [4.78, 5) is 2.31. The van der Waals surface area contributed by atoms with Crippen LogP contribution >= 0.6 is 12.4 Å². The van der Waals surface area contributed by atoms with E-state index in [0.717, 1.165) is 50.5 Å². The number of nitrogens with zero attached hydrogens (tertiary/aromatic N) is 1. The maximum atomic E-state index is 5.99. The smallest absolute Gasteiger partial charge is 0.171 e. The molecule has 5 heteroatoms. The third-order valence-electron chi connectivity index (χ3n) is 3.62. The van der Waals surface area contributed by atoms with E-state index in [9.17, 15) is 0 Å². The maximum absolute atomic E-state index is 5.99. The predicted molar refractivity (Wildman–Crippen MR) is 74.2 cm³/mol. The van der Waals surface area contributed by atoms with Gasteiger partial charge in [0.2, 0.25) is 0 Å². The minimum Gasteiger partial charge on any atom is -0.397 e. The molecule has 0 aliphatic carbocycles. The molecule has 1 spiro atoms. The molecule has 3 rings (SSSR count). The largest absolute Gasteiger partial charge is 0.397 e. The molecule has 2 N–H and O–H groups in total. The van der Waals surface area contributed by atoms with Gasteiger partial charge in [-0.3, -0.25) is 0 Å². The van der Waals surface area contributed by atoms with Crippen molar-refractivity contribution in [2.75, 3.05) is 36.9 Å². The van der Waals surface area contributed by atoms with E-state index in [2.05, 4.69) is 11.0 Å². The number of piperidine rings is 1. The molecule has 1 aromatic rings. The van der Waals surface area contributed by atoms with Crippen LogP contribution in [0.4, 0.5) is 11.4 Å². The Balaban J connectivity index is 0.00000120. The van der Waals surface area contributed by atoms with Crippen molar-refractivity contribution in [3.8, 4) is 0 Å². The Hall–Kier alpha value is -0.970. The van der Waals surface area contributed by atoms with Gasteiger partial charge in [0.05, 0.1) is 24.6 Å². The van der Waals surface area contributed by atoms with Gasteiger partial charge in [0, 0.05) is 25.9 Å². The normalized spacial score (nSPS) is 21.9. The van der Waals surface area contributed by atoms with Gasteiger partial charge in [-0.05, 0) is 12.1 Å². The van der Waals surface area contributed by atoms with Crippen molar-refractivity contribution in [2.45, 2.75) is 18.6 Å². The van der Waals surface area contributed by atoms with Crippen LogP contribution in [0.2, 0.25) is 0 Å². The average molecular weight is 271 g/mol. The minimum atomic E-state index is -0.306. The first-order valence-corrected chi connectivity index (χ1v) is 6.16. The Morgan fingerprint density at radius 3 is 2.28 bits per heavy atom. The van der Waals surface area contributed by atoms with E-state index in [-0.39, 0.29) is 18.2 Å². The van der Waals surface area contributed by atoms with Gasteiger partial charge in [0.25, 0.3) is 0 Å². The molecule has 0 bridgehead atoms. The van der Waals surface area contributed by atoms with Crippen molar-refractivity contribution in [1.29, 1.82) is 0 Å². The van der Waals surface area contributed by atoms with Crippen LogP contribution in [0.1, 0.15) is 12.8 Å². The molecule has 1 aromatic carbocycles. The molecule has 0 atom stereocenters. The Morgan fingerprint density at radius 1 is 1.06 bits per heavy atom. The molecule has 18 heavy (non-hydrogen) atoms. The van der Waals surface area contributed by atoms with E-state index in [1.54, 1.807) is 0 Å². The van der Waals surface area contributed by atoms with Gasteiger partial charge in [0.15, 0.2) is 5.79 Å². The molecule has 4 nitrogen and oxygen atoms in total. The van der Waals surface area contributed by atoms with Crippen LogP contribution in [0.25, 0.3) is 0 Å². The SMILES string of the molecule is Cl.Nc1ccccc1N1CCC2(CC1)OCCO2. The van der Waals surface area contributed by atoms with Crippen LogP contribution in [0.15, 0.2) is 24.3 Å². The van der Waals surface area contributed by atoms with Gasteiger partial charge in [-0.1, -0.05) is 12.1 Å². The first-order chi connectivity index (χ1) is 8.29. The number of para-hydroxylation sites is 2. The summed E-state index contributed by atoms with van der Waals surface area (Å²) in [6.07, 6.45) is 1.84. The maximum Gasteiger partial charge on any atom is 0.171 e. The topological polar surface area (TPSA) is 47.7 Å². The lowest BCUT2D eigenvalue weighted by Crippen LogP contribution is -2.45. The number of hydrogen-bond donors (Lipinski definition) is 1. The highest BCUT2D eigenvalue weighted by Crippen LogP contribution is 2.34. The van der Waals surface area contributed by atoms with E-state index < -0.39 is 0 Å². The summed E-state index contributed by atoms with van der Waals surface area (Å²) in [6, 6.07) is 8.01. The van der Waals surface area contributed by atoms with Crippen LogP contribution in [0.3, 0.4) is 0 Å². The molecule has 100 valence electrons. The minimum absolute atomic E-state index is 0. The highest BCUT2D eigenvalue weighted by atomic mass is 35.5. The number of ether oxygens (including phenoxy) is 2. The average Bonchev–Trinajstić information content (AvgIpc) is 2.80. The summed E-state index contributed by atoms with van der Waals surface area (Å²) < 4.78 is 11.4. The molecular formula is C13H19ClN2O2. The van der Waals surface area contributed by atoms with Gasteiger partial charge in [-0.2, -0.15) is 0 Å². The fraction of sp³-hybridized carbons (Fsp3) is 0.538. The molecule has 0 saturated carbocycles. The van der Waals surface area contributed by atoms with E-state index in [0.29, 0.717) is 0 Å². The zero-order chi connectivity index (χ0) is 11.7. The van der Waals surface area contributed by atoms with Crippen molar-refractivity contribution in [1.82, 2.24) is 0 Å². The van der Waals surface area contributed by atoms with Gasteiger partial charge < -0.3 is 20.1 Å². The molecule has 0 radical (unpaired) electrons. The number of nitrogens with two attached hydrogens (primary N) is 1. The number of rotatable bonds is 1. The predicted octanol–water partition coefficient (Wildman–Crippen LogP) is 2.03. The summed E-state index contributed by atoms with van der Waals surface area (Å²) in [5.41, 5.74) is 7.96. The fourth-order valence-corrected chi connectivity index (χ4v) is 2.65. The van der Waals surface area contributed by atoms with Crippen molar-refractivity contribution < 1.29 is 9.47 Å². The Bertz CT molecular complexity index is 398. The molecular weight excluding hydrogens is 252 g/mol. The molecule has 2 fully saturated rings. The summed E-state index contributed by atoms with van der Waals surface area (Å²) in [6.45, 7) is 3.34. The molecule has 0 amide bonds. The van der Waals surface area contributed by atoms with Crippen LogP contribution in [-0.2, 0) is 9.47 Å². The molecule has 2 aliphatic heterocycles. The number of halogens is 1. The molecule has 2 heterocycles. The van der Waals surface area contributed by atoms with Crippen LogP contribution in [-0.4, -0.2) is 32.1 Å². The first-order valence-electron chi connectivity index (χ1n) is 6.16. The highest BCUT2D eigenvalue weighted by Gasteiger charge is 2.39. The molecule has 0 aromatic heterocycles. The molecule has 0 unspecified atom stereocenters. The second kappa shape index (κ2) is 5.34. The summed E-state index contributed by atoms with van der Waals surface area (Å²) in [7, 11) is 0. The Kier molecular flexibility index (Phi) is 4.00. The Morgan fingerprint density at radius 2 is 1.67 bits per heavy atom. The van der Waals surface area contributed by atoms with Crippen molar-refractivity contribution in [2.24, 2.45) is 0 Å². The standard InChI is InChI=1S/C13H18N2O2.ClH/c14-11-3-1-2-4-12(11)15-7-5-13(6-8-15)16-9-10-17-13;/h1-4H,5-10,14H2;1H. The lowest BCUT2D eigenvalue weighted by atomic mass is 10.0. The summed E-state index contributed by atoms with van der Waals surface area (Å²) in [5.74, 6) is -0.306. The number of anilines is 2. The number of hydrogen-bond acceptors (Lipinski definition) is 4. The van der Waals surface area contributed by atoms with E-state index >= 15 is 0 Å². The van der Waals surface area contributed by atoms with Crippen LogP contribution in [0.5, 0.6) is 0 Å². The lowest BCUT2D eigenvalue weighted by Gasteiger charge is -2.39. The third-order valence-corrected chi connectivity index (χ3v) is 3.62. The van der Waals surface area contributed by atoms with Gasteiger partial charge in [-0.25, -0.2) is 0 Å². The van der Waals surface area contributed by atoms with Crippen molar-refractivity contribution >= 4 is 23.8 Å². The zero-order valence-electron chi connectivity index (χ0n) is 10.3. The van der Waals surface area contributed by atoms with E-state index in [1.165, 1.54) is 0 Å². The van der Waals surface area contributed by atoms with Crippen molar-refractivity contribution in [3.63, 3.8) is 0 Å². The zero-order valence-corrected chi connectivity index (χ0v) is 11.1. The number of nitrogen functional groups attached to an aromatic ring is 1. The summed E-state index contributed by atoms with van der Waals surface area (Å²) >= 11 is 0. The van der Waals surface area contributed by atoms with Crippen LogP contribution in [0, 0.1) is 0 Å². The Labute approximate surface area is 113 Å². The quantitative estimate of drug-likeness (QED) is 0.794. The lowest BCUT2D eigenvalue weighted by molar-refractivity contribution is -0.169. The second-order valence-electron chi connectivity index (χ2n) is 4.65. The van der Waals surface area contributed by atoms with E-state index in [4.69, 9.17) is 15.2 Å². The van der Waals surface area contributed by atoms with E-state index in [1.807, 2.05) is 18.2 Å². The molecule has 2 aliphatic rings. The van der Waals surface area contributed by atoms with Crippen LogP contribution < -0.4 is 10.6 Å². The monoisotopic (exact) mass is 270 g/mol. The van der Waals surface area contributed by atoms with Gasteiger partial charge in [-0.15, -0.1) is 12.4 Å². The molecule has 2 saturated heterocycles. The van der Waals surface area contributed by atoms with Gasteiger partial charge in [0.1, 0.15) is 0 Å². The van der Waals surface area contributed by atoms with Crippen molar-refractivity contribution in [3.05, 3.63) is 24.3 Å². The van der Waals surface area contributed by atoms with Gasteiger partial charge >= 0.3 is 0 Å². The third kappa shape index (κ3) is 2.41. The summed E-state index contributed by atoms with van der Waals surface area (Å²) in [5, 5.41) is 0.